The predicted molar refractivity (Wildman–Crippen MR) is 92.1 cm³/mol. The topological polar surface area (TPSA) is 49.4 Å². The highest BCUT2D eigenvalue weighted by Crippen LogP contribution is 2.20. The number of rotatable bonds is 7. The second-order valence-electron chi connectivity index (χ2n) is 6.57. The first-order chi connectivity index (χ1) is 12.0. The number of unbranched alkanes of at least 4 members (excludes halogenated alkanes) is 3. The number of piperidine rings is 1. The molecule has 0 aromatic heterocycles. The maximum Gasteiger partial charge on any atom is 0.256 e. The third kappa shape index (κ3) is 5.51. The van der Waals surface area contributed by atoms with Crippen LogP contribution in [0.3, 0.4) is 0 Å². The summed E-state index contributed by atoms with van der Waals surface area (Å²) in [6.07, 6.45) is 5.77. The highest BCUT2D eigenvalue weighted by atomic mass is 19.1. The minimum absolute atomic E-state index is 0.0476. The summed E-state index contributed by atoms with van der Waals surface area (Å²) in [5.41, 5.74) is -0.151. The first-order valence-corrected chi connectivity index (χ1v) is 9.05. The van der Waals surface area contributed by atoms with Gasteiger partial charge in [-0.3, -0.25) is 9.59 Å². The van der Waals surface area contributed by atoms with Gasteiger partial charge in [-0.15, -0.1) is 0 Å². The first kappa shape index (κ1) is 19.3. The van der Waals surface area contributed by atoms with Crippen LogP contribution < -0.4 is 5.32 Å². The number of amides is 2. The number of hydrogen-bond acceptors (Lipinski definition) is 2. The quantitative estimate of drug-likeness (QED) is 0.764. The van der Waals surface area contributed by atoms with Gasteiger partial charge in [0.2, 0.25) is 5.91 Å². The van der Waals surface area contributed by atoms with Gasteiger partial charge < -0.3 is 10.2 Å². The molecule has 4 nitrogen and oxygen atoms in total. The molecule has 1 aromatic carbocycles. The van der Waals surface area contributed by atoms with E-state index in [1.54, 1.807) is 0 Å². The van der Waals surface area contributed by atoms with Crippen LogP contribution in [0.15, 0.2) is 18.2 Å². The van der Waals surface area contributed by atoms with E-state index in [4.69, 9.17) is 0 Å². The summed E-state index contributed by atoms with van der Waals surface area (Å²) in [6, 6.07) is 2.93. The molecule has 1 unspecified atom stereocenters. The molecule has 1 fully saturated rings. The van der Waals surface area contributed by atoms with E-state index in [9.17, 15) is 18.4 Å². The number of benzene rings is 1. The highest BCUT2D eigenvalue weighted by molar-refractivity contribution is 5.95. The molecule has 1 atom stereocenters. The van der Waals surface area contributed by atoms with E-state index in [1.807, 2.05) is 0 Å². The van der Waals surface area contributed by atoms with E-state index in [1.165, 1.54) is 4.90 Å². The number of hydrogen-bond donors (Lipinski definition) is 1. The third-order valence-electron chi connectivity index (χ3n) is 4.57. The lowest BCUT2D eigenvalue weighted by atomic mass is 9.96. The van der Waals surface area contributed by atoms with Crippen LogP contribution in [0, 0.1) is 17.6 Å². The molecule has 2 amide bonds. The molecule has 1 aromatic rings. The van der Waals surface area contributed by atoms with Crippen LogP contribution in [0.4, 0.5) is 8.78 Å². The lowest BCUT2D eigenvalue weighted by molar-refractivity contribution is -0.126. The highest BCUT2D eigenvalue weighted by Gasteiger charge is 2.29. The molecule has 0 aliphatic carbocycles. The van der Waals surface area contributed by atoms with Crippen molar-refractivity contribution in [3.63, 3.8) is 0 Å². The van der Waals surface area contributed by atoms with Crippen LogP contribution in [0.5, 0.6) is 0 Å². The number of halogens is 2. The third-order valence-corrected chi connectivity index (χ3v) is 4.57. The SMILES string of the molecule is CCCCCCNC(=O)C1CCCN(C(=O)c2ccc(F)cc2F)C1. The lowest BCUT2D eigenvalue weighted by Crippen LogP contribution is -2.45. The van der Waals surface area contributed by atoms with Gasteiger partial charge in [0.15, 0.2) is 0 Å². The van der Waals surface area contributed by atoms with Gasteiger partial charge >= 0.3 is 0 Å². The van der Waals surface area contributed by atoms with Gasteiger partial charge in [0.25, 0.3) is 5.91 Å². The van der Waals surface area contributed by atoms with Crippen molar-refractivity contribution in [3.8, 4) is 0 Å². The Morgan fingerprint density at radius 2 is 2.04 bits per heavy atom. The van der Waals surface area contributed by atoms with Crippen molar-refractivity contribution < 1.29 is 18.4 Å². The van der Waals surface area contributed by atoms with Crippen LogP contribution >= 0.6 is 0 Å². The Labute approximate surface area is 147 Å². The molecule has 2 rings (SSSR count). The Hall–Kier alpha value is -1.98. The van der Waals surface area contributed by atoms with Crippen molar-refractivity contribution >= 4 is 11.8 Å². The van der Waals surface area contributed by atoms with Crippen LogP contribution in [0.2, 0.25) is 0 Å². The average Bonchev–Trinajstić information content (AvgIpc) is 2.61. The standard InChI is InChI=1S/C19H26F2N2O2/c1-2-3-4-5-10-22-18(24)14-7-6-11-23(13-14)19(25)16-9-8-15(20)12-17(16)21/h8-9,12,14H,2-7,10-11,13H2,1H3,(H,22,24). The Kier molecular flexibility index (Phi) is 7.34. The molecule has 0 radical (unpaired) electrons. The number of nitrogens with one attached hydrogen (secondary N) is 1. The summed E-state index contributed by atoms with van der Waals surface area (Å²) < 4.78 is 26.8. The van der Waals surface area contributed by atoms with Gasteiger partial charge in [-0.2, -0.15) is 0 Å². The fourth-order valence-corrected chi connectivity index (χ4v) is 3.12. The second-order valence-corrected chi connectivity index (χ2v) is 6.57. The molecule has 0 saturated carbocycles. The molecule has 1 saturated heterocycles. The fraction of sp³-hybridized carbons (Fsp3) is 0.579. The molecular weight excluding hydrogens is 326 g/mol. The molecule has 0 spiro atoms. The number of carbonyl (C=O) groups is 2. The number of likely N-dealkylation sites (tertiary alicyclic amines) is 1. The fourth-order valence-electron chi connectivity index (χ4n) is 3.12. The van der Waals surface area contributed by atoms with E-state index >= 15 is 0 Å². The van der Waals surface area contributed by atoms with Crippen LogP contribution in [-0.2, 0) is 4.79 Å². The summed E-state index contributed by atoms with van der Waals surface area (Å²) in [6.45, 7) is 3.54. The van der Waals surface area contributed by atoms with Gasteiger partial charge in [0, 0.05) is 25.7 Å². The minimum Gasteiger partial charge on any atom is -0.356 e. The van der Waals surface area contributed by atoms with Crippen LogP contribution in [0.25, 0.3) is 0 Å². The Balaban J connectivity index is 1.89. The van der Waals surface area contributed by atoms with Crippen LogP contribution in [-0.4, -0.2) is 36.3 Å². The maximum atomic E-state index is 13.8. The zero-order valence-corrected chi connectivity index (χ0v) is 14.7. The van der Waals surface area contributed by atoms with Crippen molar-refractivity contribution in [1.29, 1.82) is 0 Å². The van der Waals surface area contributed by atoms with E-state index in [0.717, 1.165) is 44.2 Å². The normalized spacial score (nSPS) is 17.4. The Morgan fingerprint density at radius 1 is 1.24 bits per heavy atom. The van der Waals surface area contributed by atoms with E-state index < -0.39 is 17.5 Å². The maximum absolute atomic E-state index is 13.8. The Bertz CT molecular complexity index is 607. The predicted octanol–water partition coefficient (Wildman–Crippen LogP) is 3.51. The molecular formula is C19H26F2N2O2. The van der Waals surface area contributed by atoms with Crippen LogP contribution in [0.1, 0.15) is 55.8 Å². The van der Waals surface area contributed by atoms with E-state index in [0.29, 0.717) is 25.6 Å². The summed E-state index contributed by atoms with van der Waals surface area (Å²) >= 11 is 0. The molecule has 1 N–H and O–H groups in total. The molecule has 138 valence electrons. The summed E-state index contributed by atoms with van der Waals surface area (Å²) in [5.74, 6) is -2.39. The van der Waals surface area contributed by atoms with Gasteiger partial charge in [-0.25, -0.2) is 8.78 Å². The summed E-state index contributed by atoms with van der Waals surface area (Å²) in [4.78, 5) is 26.2. The zero-order chi connectivity index (χ0) is 18.2. The van der Waals surface area contributed by atoms with Crippen molar-refractivity contribution in [2.24, 2.45) is 5.92 Å². The summed E-state index contributed by atoms with van der Waals surface area (Å²) in [5, 5.41) is 2.93. The van der Waals surface area contributed by atoms with Crippen molar-refractivity contribution in [2.75, 3.05) is 19.6 Å². The number of carbonyl (C=O) groups excluding carboxylic acids is 2. The molecule has 6 heteroatoms. The van der Waals surface area contributed by atoms with Crippen molar-refractivity contribution in [3.05, 3.63) is 35.4 Å². The zero-order valence-electron chi connectivity index (χ0n) is 14.7. The lowest BCUT2D eigenvalue weighted by Gasteiger charge is -2.32. The van der Waals surface area contributed by atoms with Crippen molar-refractivity contribution in [2.45, 2.75) is 45.4 Å². The monoisotopic (exact) mass is 352 g/mol. The smallest absolute Gasteiger partial charge is 0.256 e. The largest absolute Gasteiger partial charge is 0.356 e. The average molecular weight is 352 g/mol. The van der Waals surface area contributed by atoms with Gasteiger partial charge in [-0.1, -0.05) is 26.2 Å². The second kappa shape index (κ2) is 9.49. The minimum atomic E-state index is -0.868. The van der Waals surface area contributed by atoms with Gasteiger partial charge in [0.1, 0.15) is 11.6 Å². The molecule has 1 heterocycles. The van der Waals surface area contributed by atoms with E-state index in [-0.39, 0.29) is 23.9 Å². The van der Waals surface area contributed by atoms with Gasteiger partial charge in [0.05, 0.1) is 11.5 Å². The molecule has 1 aliphatic heterocycles. The molecule has 0 bridgehead atoms. The molecule has 1 aliphatic rings. The Morgan fingerprint density at radius 3 is 2.76 bits per heavy atom. The first-order valence-electron chi connectivity index (χ1n) is 9.05. The van der Waals surface area contributed by atoms with Gasteiger partial charge in [-0.05, 0) is 31.4 Å². The number of nitrogens with zero attached hydrogens (tertiary/aromatic N) is 1. The summed E-state index contributed by atoms with van der Waals surface area (Å²) in [7, 11) is 0. The molecule has 25 heavy (non-hydrogen) atoms. The van der Waals surface area contributed by atoms with Crippen molar-refractivity contribution in [1.82, 2.24) is 10.2 Å². The van der Waals surface area contributed by atoms with E-state index in [2.05, 4.69) is 12.2 Å².